The Kier molecular flexibility index (Phi) is 3.88. The second-order valence-corrected chi connectivity index (χ2v) is 6.48. The van der Waals surface area contributed by atoms with E-state index in [1.54, 1.807) is 17.7 Å². The summed E-state index contributed by atoms with van der Waals surface area (Å²) in [4.78, 5) is 12.0. The van der Waals surface area contributed by atoms with Crippen molar-refractivity contribution >= 4 is 27.4 Å². The zero-order chi connectivity index (χ0) is 14.8. The number of benzene rings is 1. The van der Waals surface area contributed by atoms with Crippen molar-refractivity contribution in [3.8, 4) is 0 Å². The number of nitrogens with zero attached hydrogens (tertiary/aromatic N) is 3. The minimum atomic E-state index is 0.573. The molecule has 3 aromatic rings. The van der Waals surface area contributed by atoms with Crippen LogP contribution in [0.25, 0.3) is 10.2 Å². The Balaban J connectivity index is 1.82. The Morgan fingerprint density at radius 3 is 2.57 bits per heavy atom. The van der Waals surface area contributed by atoms with Crippen LogP contribution in [0.4, 0.5) is 5.82 Å². The largest absolute Gasteiger partial charge is 0.355 e. The van der Waals surface area contributed by atoms with Crippen LogP contribution in [0.15, 0.2) is 42.0 Å². The van der Waals surface area contributed by atoms with Gasteiger partial charge in [0.2, 0.25) is 0 Å². The van der Waals surface area contributed by atoms with E-state index in [0.717, 1.165) is 22.6 Å². The molecule has 3 nitrogen and oxygen atoms in total. The third kappa shape index (κ3) is 2.90. The number of rotatable bonds is 4. The van der Waals surface area contributed by atoms with Gasteiger partial charge in [-0.15, -0.1) is 11.3 Å². The molecule has 0 atom stereocenters. The van der Waals surface area contributed by atoms with Crippen molar-refractivity contribution in [3.05, 3.63) is 53.2 Å². The molecule has 0 spiro atoms. The third-order valence-corrected chi connectivity index (χ3v) is 4.49. The highest BCUT2D eigenvalue weighted by molar-refractivity contribution is 7.16. The molecule has 0 unspecified atom stereocenters. The van der Waals surface area contributed by atoms with Crippen LogP contribution < -0.4 is 4.90 Å². The average Bonchev–Trinajstić information content (AvgIpc) is 2.96. The fourth-order valence-electron chi connectivity index (χ4n) is 2.44. The smallest absolute Gasteiger partial charge is 0.140 e. The van der Waals surface area contributed by atoms with Gasteiger partial charge in [-0.3, -0.25) is 0 Å². The number of aromatic nitrogens is 2. The van der Waals surface area contributed by atoms with Gasteiger partial charge in [-0.05, 0) is 28.5 Å². The van der Waals surface area contributed by atoms with Crippen molar-refractivity contribution < 1.29 is 0 Å². The fourth-order valence-corrected chi connectivity index (χ4v) is 3.17. The lowest BCUT2D eigenvalue weighted by atomic mass is 10.0. The molecule has 0 amide bonds. The molecule has 4 heteroatoms. The predicted octanol–water partition coefficient (Wildman–Crippen LogP) is 4.45. The van der Waals surface area contributed by atoms with Gasteiger partial charge in [0.25, 0.3) is 0 Å². The van der Waals surface area contributed by atoms with Crippen LogP contribution in [0.5, 0.6) is 0 Å². The standard InChI is InChI=1S/C17H19N3S/c1-12(2)14-6-4-13(5-7-14)10-20(3)16-15-8-9-21-17(15)19-11-18-16/h4-9,11-12H,10H2,1-3H3. The molecule has 0 aliphatic rings. The van der Waals surface area contributed by atoms with Gasteiger partial charge in [0, 0.05) is 13.6 Å². The van der Waals surface area contributed by atoms with E-state index in [-0.39, 0.29) is 0 Å². The zero-order valence-electron chi connectivity index (χ0n) is 12.6. The molecule has 1 aromatic carbocycles. The van der Waals surface area contributed by atoms with Crippen molar-refractivity contribution in [1.82, 2.24) is 9.97 Å². The topological polar surface area (TPSA) is 29.0 Å². The monoisotopic (exact) mass is 297 g/mol. The first-order valence-corrected chi connectivity index (χ1v) is 8.01. The maximum Gasteiger partial charge on any atom is 0.140 e. The highest BCUT2D eigenvalue weighted by Gasteiger charge is 2.10. The normalized spacial score (nSPS) is 11.2. The van der Waals surface area contributed by atoms with E-state index < -0.39 is 0 Å². The second-order valence-electron chi connectivity index (χ2n) is 5.59. The minimum Gasteiger partial charge on any atom is -0.355 e. The van der Waals surface area contributed by atoms with Crippen molar-refractivity contribution in [2.75, 3.05) is 11.9 Å². The molecule has 0 fully saturated rings. The first-order chi connectivity index (χ1) is 10.1. The maximum atomic E-state index is 4.44. The molecular formula is C17H19N3S. The second kappa shape index (κ2) is 5.82. The number of hydrogen-bond donors (Lipinski definition) is 0. The first kappa shape index (κ1) is 14.0. The summed E-state index contributed by atoms with van der Waals surface area (Å²) in [6, 6.07) is 10.9. The number of hydrogen-bond acceptors (Lipinski definition) is 4. The van der Waals surface area contributed by atoms with Gasteiger partial charge >= 0.3 is 0 Å². The molecule has 3 rings (SSSR count). The van der Waals surface area contributed by atoms with Crippen LogP contribution in [0, 0.1) is 0 Å². The van der Waals surface area contributed by atoms with Gasteiger partial charge in [-0.25, -0.2) is 9.97 Å². The van der Waals surface area contributed by atoms with Gasteiger partial charge in [-0.2, -0.15) is 0 Å². The third-order valence-electron chi connectivity index (χ3n) is 3.67. The van der Waals surface area contributed by atoms with E-state index in [9.17, 15) is 0 Å². The molecule has 2 aromatic heterocycles. The highest BCUT2D eigenvalue weighted by atomic mass is 32.1. The summed E-state index contributed by atoms with van der Waals surface area (Å²) in [5, 5.41) is 3.19. The maximum absolute atomic E-state index is 4.44. The Hall–Kier alpha value is -1.94. The molecule has 0 aliphatic carbocycles. The molecule has 0 bridgehead atoms. The lowest BCUT2D eigenvalue weighted by molar-refractivity contribution is 0.859. The van der Waals surface area contributed by atoms with Crippen molar-refractivity contribution in [1.29, 1.82) is 0 Å². The van der Waals surface area contributed by atoms with Gasteiger partial charge < -0.3 is 4.90 Å². The Labute approximate surface area is 129 Å². The van der Waals surface area contributed by atoms with Crippen LogP contribution in [-0.4, -0.2) is 17.0 Å². The average molecular weight is 297 g/mol. The van der Waals surface area contributed by atoms with E-state index in [0.29, 0.717) is 5.92 Å². The Morgan fingerprint density at radius 2 is 1.86 bits per heavy atom. The van der Waals surface area contributed by atoms with E-state index in [1.807, 2.05) is 0 Å². The van der Waals surface area contributed by atoms with E-state index in [4.69, 9.17) is 0 Å². The highest BCUT2D eigenvalue weighted by Crippen LogP contribution is 2.27. The molecule has 0 aliphatic heterocycles. The number of fused-ring (bicyclic) bond motifs is 1. The van der Waals surface area contributed by atoms with Crippen LogP contribution in [-0.2, 0) is 6.54 Å². The molecule has 0 N–H and O–H groups in total. The Bertz CT molecular complexity index is 731. The Morgan fingerprint density at radius 1 is 1.10 bits per heavy atom. The molecule has 108 valence electrons. The molecule has 0 saturated heterocycles. The predicted molar refractivity (Wildman–Crippen MR) is 90.1 cm³/mol. The van der Waals surface area contributed by atoms with Crippen molar-refractivity contribution in [2.45, 2.75) is 26.3 Å². The molecular weight excluding hydrogens is 278 g/mol. The first-order valence-electron chi connectivity index (χ1n) is 7.13. The summed E-state index contributed by atoms with van der Waals surface area (Å²) < 4.78 is 0. The summed E-state index contributed by atoms with van der Waals surface area (Å²) in [7, 11) is 2.08. The summed E-state index contributed by atoms with van der Waals surface area (Å²) in [5.41, 5.74) is 2.67. The summed E-state index contributed by atoms with van der Waals surface area (Å²) in [6.07, 6.45) is 1.65. The molecule has 0 saturated carbocycles. The van der Waals surface area contributed by atoms with Crippen molar-refractivity contribution in [3.63, 3.8) is 0 Å². The van der Waals surface area contributed by atoms with Gasteiger partial charge in [-0.1, -0.05) is 38.1 Å². The number of thiophene rings is 1. The van der Waals surface area contributed by atoms with Gasteiger partial charge in [0.05, 0.1) is 5.39 Å². The van der Waals surface area contributed by atoms with E-state index in [2.05, 4.69) is 71.5 Å². The molecule has 0 radical (unpaired) electrons. The van der Waals surface area contributed by atoms with Crippen LogP contribution in [0.3, 0.4) is 0 Å². The van der Waals surface area contributed by atoms with Crippen molar-refractivity contribution in [2.24, 2.45) is 0 Å². The lowest BCUT2D eigenvalue weighted by Crippen LogP contribution is -2.18. The van der Waals surface area contributed by atoms with Gasteiger partial charge in [0.15, 0.2) is 0 Å². The summed E-state index contributed by atoms with van der Waals surface area (Å²) in [6.45, 7) is 5.28. The quantitative estimate of drug-likeness (QED) is 0.712. The van der Waals surface area contributed by atoms with Crippen LogP contribution in [0.1, 0.15) is 30.9 Å². The van der Waals surface area contributed by atoms with Gasteiger partial charge in [0.1, 0.15) is 17.0 Å². The summed E-state index contributed by atoms with van der Waals surface area (Å²) >= 11 is 1.65. The molecule has 2 heterocycles. The van der Waals surface area contributed by atoms with E-state index >= 15 is 0 Å². The fraction of sp³-hybridized carbons (Fsp3) is 0.294. The number of anilines is 1. The molecule has 21 heavy (non-hydrogen) atoms. The minimum absolute atomic E-state index is 0.573. The van der Waals surface area contributed by atoms with E-state index in [1.165, 1.54) is 11.1 Å². The van der Waals surface area contributed by atoms with Crippen LogP contribution in [0.2, 0.25) is 0 Å². The summed E-state index contributed by atoms with van der Waals surface area (Å²) in [5.74, 6) is 1.57. The lowest BCUT2D eigenvalue weighted by Gasteiger charge is -2.19. The SMILES string of the molecule is CC(C)c1ccc(CN(C)c2ncnc3sccc23)cc1. The van der Waals surface area contributed by atoms with Crippen LogP contribution >= 0.6 is 11.3 Å². The zero-order valence-corrected chi connectivity index (χ0v) is 13.4.